The summed E-state index contributed by atoms with van der Waals surface area (Å²) in [5, 5.41) is 12.1. The van der Waals surface area contributed by atoms with Crippen LogP contribution in [0, 0.1) is 11.3 Å². The monoisotopic (exact) mass is 150 g/mol. The lowest BCUT2D eigenvalue weighted by molar-refractivity contribution is -0.120. The number of guanidine groups is 1. The molecule has 5 heteroatoms. The highest BCUT2D eigenvalue weighted by molar-refractivity contribution is 6.20. The maximum absolute atomic E-state index is 11.1. The average molecular weight is 150 g/mol. The number of carbonyl (C=O) groups is 1. The molecule has 1 unspecified atom stereocenters. The van der Waals surface area contributed by atoms with E-state index in [1.807, 2.05) is 0 Å². The van der Waals surface area contributed by atoms with Crippen LogP contribution in [0.5, 0.6) is 0 Å². The van der Waals surface area contributed by atoms with E-state index in [-0.39, 0.29) is 17.8 Å². The Morgan fingerprint density at radius 1 is 1.55 bits per heavy atom. The predicted molar refractivity (Wildman–Crippen MR) is 39.1 cm³/mol. The van der Waals surface area contributed by atoms with E-state index in [2.05, 4.69) is 15.6 Å². The number of nitrogens with one attached hydrogen (secondary N) is 3. The molecule has 5 nitrogen and oxygen atoms in total. The van der Waals surface area contributed by atoms with E-state index in [4.69, 9.17) is 5.41 Å². The minimum atomic E-state index is -0.316. The summed E-state index contributed by atoms with van der Waals surface area (Å²) in [4.78, 5) is 14.9. The van der Waals surface area contributed by atoms with Gasteiger partial charge in [-0.3, -0.25) is 15.5 Å². The predicted octanol–water partition coefficient (Wildman–Crippen LogP) is -0.817. The van der Waals surface area contributed by atoms with Crippen LogP contribution in [0.15, 0.2) is 17.3 Å². The lowest BCUT2D eigenvalue weighted by Gasteiger charge is -2.20. The van der Waals surface area contributed by atoms with Gasteiger partial charge in [-0.1, -0.05) is 0 Å². The first-order valence-corrected chi connectivity index (χ1v) is 3.18. The van der Waals surface area contributed by atoms with Gasteiger partial charge < -0.3 is 5.32 Å². The molecule has 0 aromatic carbocycles. The molecule has 0 saturated carbocycles. The number of hydrogen-bond acceptors (Lipinski definition) is 3. The molecule has 2 aliphatic heterocycles. The summed E-state index contributed by atoms with van der Waals surface area (Å²) < 4.78 is 0. The van der Waals surface area contributed by atoms with Crippen molar-refractivity contribution in [1.29, 1.82) is 5.41 Å². The van der Waals surface area contributed by atoms with Gasteiger partial charge in [-0.2, -0.15) is 0 Å². The fourth-order valence-corrected chi connectivity index (χ4v) is 1.06. The van der Waals surface area contributed by atoms with Crippen molar-refractivity contribution in [3.05, 3.63) is 12.3 Å². The van der Waals surface area contributed by atoms with Crippen LogP contribution in [0.3, 0.4) is 0 Å². The lowest BCUT2D eigenvalue weighted by atomic mass is 10.1. The maximum atomic E-state index is 11.1. The first-order valence-electron chi connectivity index (χ1n) is 3.18. The Bertz CT molecular complexity index is 291. The van der Waals surface area contributed by atoms with Gasteiger partial charge in [0.25, 0.3) is 0 Å². The molecule has 1 atom stereocenters. The molecular formula is C6H6N4O. The summed E-state index contributed by atoms with van der Waals surface area (Å²) in [6, 6.07) is 0. The van der Waals surface area contributed by atoms with Gasteiger partial charge in [0.2, 0.25) is 11.9 Å². The number of fused-ring (bicyclic) bond motifs is 1. The van der Waals surface area contributed by atoms with Crippen LogP contribution in [-0.2, 0) is 4.79 Å². The van der Waals surface area contributed by atoms with Crippen molar-refractivity contribution in [3.8, 4) is 0 Å². The molecule has 0 aromatic rings. The van der Waals surface area contributed by atoms with Crippen LogP contribution in [0.4, 0.5) is 0 Å². The molecule has 1 amide bonds. The molecule has 1 fully saturated rings. The number of amidine groups is 1. The zero-order valence-corrected chi connectivity index (χ0v) is 5.59. The summed E-state index contributed by atoms with van der Waals surface area (Å²) in [5.74, 6) is 0.0257. The third-order valence-corrected chi connectivity index (χ3v) is 1.57. The Morgan fingerprint density at radius 2 is 2.36 bits per heavy atom. The molecule has 56 valence electrons. The van der Waals surface area contributed by atoms with E-state index in [1.165, 1.54) is 0 Å². The van der Waals surface area contributed by atoms with Gasteiger partial charge in [-0.15, -0.1) is 0 Å². The second kappa shape index (κ2) is 1.91. The highest BCUT2D eigenvalue weighted by Gasteiger charge is 2.30. The van der Waals surface area contributed by atoms with Crippen molar-refractivity contribution in [1.82, 2.24) is 10.6 Å². The number of amides is 1. The number of rotatable bonds is 0. The third kappa shape index (κ3) is 0.813. The van der Waals surface area contributed by atoms with Crippen LogP contribution in [0.2, 0.25) is 0 Å². The number of carbonyl (C=O) groups excluding carboxylic acids is 1. The Labute approximate surface area is 62.7 Å². The van der Waals surface area contributed by atoms with Gasteiger partial charge in [0.15, 0.2) is 0 Å². The van der Waals surface area contributed by atoms with Gasteiger partial charge in [0.1, 0.15) is 11.8 Å². The van der Waals surface area contributed by atoms with E-state index in [1.54, 1.807) is 12.3 Å². The summed E-state index contributed by atoms with van der Waals surface area (Å²) in [6.07, 6.45) is 3.25. The van der Waals surface area contributed by atoms with Crippen LogP contribution in [-0.4, -0.2) is 17.7 Å². The van der Waals surface area contributed by atoms with Crippen molar-refractivity contribution in [2.75, 3.05) is 0 Å². The fraction of sp³-hybridized carbons (Fsp3) is 0.167. The minimum absolute atomic E-state index is 0.00583. The molecular weight excluding hydrogens is 144 g/mol. The fourth-order valence-electron chi connectivity index (χ4n) is 1.06. The van der Waals surface area contributed by atoms with Crippen molar-refractivity contribution >= 4 is 17.7 Å². The van der Waals surface area contributed by atoms with E-state index >= 15 is 0 Å². The van der Waals surface area contributed by atoms with Crippen molar-refractivity contribution in [2.45, 2.75) is 0 Å². The van der Waals surface area contributed by atoms with Crippen molar-refractivity contribution < 1.29 is 4.79 Å². The average Bonchev–Trinajstić information content (AvgIpc) is 2.34. The normalized spacial score (nSPS) is 27.3. The number of nitrogens with zero attached hydrogens (tertiary/aromatic N) is 1. The standard InChI is InChI=1S/C6H6N4O/c7-6-9-4-3(1-2-8-4)5(11)10-6/h1-3H,(H3,7,8,9,10,11). The first-order chi connectivity index (χ1) is 5.27. The molecule has 2 heterocycles. The Morgan fingerprint density at radius 3 is 3.18 bits per heavy atom. The molecule has 1 saturated heterocycles. The summed E-state index contributed by atoms with van der Waals surface area (Å²) in [7, 11) is 0. The minimum Gasteiger partial charge on any atom is -0.313 e. The van der Waals surface area contributed by atoms with E-state index in [9.17, 15) is 4.79 Å². The second-order valence-electron chi connectivity index (χ2n) is 2.32. The SMILES string of the molecule is N=C1NC(=O)C2C=CN=C2N1. The summed E-state index contributed by atoms with van der Waals surface area (Å²) in [6.45, 7) is 0. The largest absolute Gasteiger partial charge is 0.313 e. The molecule has 3 N–H and O–H groups in total. The summed E-state index contributed by atoms with van der Waals surface area (Å²) in [5.41, 5.74) is 0. The first kappa shape index (κ1) is 6.09. The van der Waals surface area contributed by atoms with Gasteiger partial charge in [-0.25, -0.2) is 4.99 Å². The molecule has 0 aromatic heterocycles. The van der Waals surface area contributed by atoms with Crippen LogP contribution >= 0.6 is 0 Å². The number of hydrogen-bond donors (Lipinski definition) is 3. The van der Waals surface area contributed by atoms with Crippen molar-refractivity contribution in [2.24, 2.45) is 10.9 Å². The van der Waals surface area contributed by atoms with Crippen LogP contribution in [0.1, 0.15) is 0 Å². The van der Waals surface area contributed by atoms with E-state index < -0.39 is 0 Å². The zero-order chi connectivity index (χ0) is 7.84. The molecule has 0 aliphatic carbocycles. The van der Waals surface area contributed by atoms with Gasteiger partial charge in [0, 0.05) is 6.20 Å². The van der Waals surface area contributed by atoms with Crippen molar-refractivity contribution in [3.63, 3.8) is 0 Å². The molecule has 0 spiro atoms. The Hall–Kier alpha value is -1.65. The molecule has 2 rings (SSSR count). The molecule has 0 radical (unpaired) electrons. The topological polar surface area (TPSA) is 77.3 Å². The smallest absolute Gasteiger partial charge is 0.241 e. The lowest BCUT2D eigenvalue weighted by Crippen LogP contribution is -2.54. The molecule has 0 bridgehead atoms. The zero-order valence-electron chi connectivity index (χ0n) is 5.59. The molecule has 2 aliphatic rings. The third-order valence-electron chi connectivity index (χ3n) is 1.57. The number of aliphatic imine (C=N–C) groups is 1. The second-order valence-corrected chi connectivity index (χ2v) is 2.32. The Balaban J connectivity index is 2.31. The van der Waals surface area contributed by atoms with Crippen LogP contribution < -0.4 is 10.6 Å². The quantitative estimate of drug-likeness (QED) is 0.422. The maximum Gasteiger partial charge on any atom is 0.241 e. The highest BCUT2D eigenvalue weighted by Crippen LogP contribution is 2.10. The molecule has 11 heavy (non-hydrogen) atoms. The summed E-state index contributed by atoms with van der Waals surface area (Å²) >= 11 is 0. The Kier molecular flexibility index (Phi) is 1.06. The highest BCUT2D eigenvalue weighted by atomic mass is 16.2. The van der Waals surface area contributed by atoms with Crippen LogP contribution in [0.25, 0.3) is 0 Å². The van der Waals surface area contributed by atoms with Gasteiger partial charge >= 0.3 is 0 Å². The van der Waals surface area contributed by atoms with E-state index in [0.29, 0.717) is 5.84 Å². The van der Waals surface area contributed by atoms with Gasteiger partial charge in [0.05, 0.1) is 0 Å². The van der Waals surface area contributed by atoms with Gasteiger partial charge in [-0.05, 0) is 6.08 Å². The van der Waals surface area contributed by atoms with E-state index in [0.717, 1.165) is 0 Å².